The molecule has 0 N–H and O–H groups in total. The van der Waals surface area contributed by atoms with Crippen molar-refractivity contribution in [3.05, 3.63) is 48.6 Å². The third kappa shape index (κ3) is 7.90. The van der Waals surface area contributed by atoms with E-state index in [2.05, 4.69) is 6.58 Å². The lowest BCUT2D eigenvalue weighted by Gasteiger charge is -2.26. The molecule has 2 heterocycles. The van der Waals surface area contributed by atoms with Gasteiger partial charge in [-0.05, 0) is 18.6 Å². The average Bonchev–Trinajstić information content (AvgIpc) is 3.40. The lowest BCUT2D eigenvalue weighted by atomic mass is 9.92. The molecule has 10 nitrogen and oxygen atoms in total. The molecule has 222 valence electrons. The first-order valence-electron chi connectivity index (χ1n) is 13.8. The van der Waals surface area contributed by atoms with Crippen molar-refractivity contribution in [2.75, 3.05) is 13.2 Å². The van der Waals surface area contributed by atoms with Crippen LogP contribution >= 0.6 is 0 Å². The first-order valence-corrected chi connectivity index (χ1v) is 13.8. The zero-order valence-electron chi connectivity index (χ0n) is 24.1. The van der Waals surface area contributed by atoms with Crippen molar-refractivity contribution in [1.29, 1.82) is 0 Å². The van der Waals surface area contributed by atoms with E-state index in [-0.39, 0.29) is 37.1 Å². The highest BCUT2D eigenvalue weighted by atomic mass is 16.7. The van der Waals surface area contributed by atoms with E-state index in [0.29, 0.717) is 12.0 Å². The molecule has 1 aromatic carbocycles. The SMILES string of the molecule is C=CCO[C@@H]1O[C@@H]([C@H](C)CO[C@@H]2O[C@@H]([C@@H](CC)OC(C)=O)C(C)[C@@H]2OC(C)=O)C(C)[C@@H]1OC(=O)c1ccccc1. The maximum absolute atomic E-state index is 12.8. The van der Waals surface area contributed by atoms with Gasteiger partial charge in [-0.25, -0.2) is 4.79 Å². The first kappa shape index (κ1) is 31.7. The fraction of sp³-hybridized carbons (Fsp3) is 0.633. The fourth-order valence-corrected chi connectivity index (χ4v) is 5.31. The number of carbonyl (C=O) groups excluding carboxylic acids is 3. The lowest BCUT2D eigenvalue weighted by molar-refractivity contribution is -0.207. The molecule has 2 aliphatic heterocycles. The Morgan fingerprint density at radius 3 is 2.12 bits per heavy atom. The summed E-state index contributed by atoms with van der Waals surface area (Å²) in [5.41, 5.74) is 0.440. The molecule has 2 fully saturated rings. The van der Waals surface area contributed by atoms with Gasteiger partial charge in [0.25, 0.3) is 0 Å². The minimum absolute atomic E-state index is 0.170. The van der Waals surface area contributed by atoms with E-state index in [4.69, 9.17) is 33.2 Å². The summed E-state index contributed by atoms with van der Waals surface area (Å²) < 4.78 is 41.2. The summed E-state index contributed by atoms with van der Waals surface area (Å²) in [7, 11) is 0. The maximum Gasteiger partial charge on any atom is 0.338 e. The van der Waals surface area contributed by atoms with Gasteiger partial charge in [-0.1, -0.05) is 52.0 Å². The summed E-state index contributed by atoms with van der Waals surface area (Å²) in [6, 6.07) is 8.75. The molecular formula is C30H42O10. The van der Waals surface area contributed by atoms with Crippen molar-refractivity contribution < 1.29 is 47.5 Å². The van der Waals surface area contributed by atoms with Crippen LogP contribution < -0.4 is 0 Å². The van der Waals surface area contributed by atoms with Crippen LogP contribution in [0.15, 0.2) is 43.0 Å². The smallest absolute Gasteiger partial charge is 0.338 e. The standard InChI is InChI=1S/C30H42O10/c1-8-15-34-29-27(38-28(33)22-13-11-10-12-14-22)18(4)24(39-29)17(3)16-35-30-26(37-21(7)32)19(5)25(40-30)23(9-2)36-20(6)31/h8,10-14,17-19,23-27,29-30H,1,9,15-16H2,2-7H3/t17-,18?,19?,23-,24+,25-,26+,27+,29-,30-/m1/s1. The second kappa shape index (κ2) is 14.7. The van der Waals surface area contributed by atoms with Gasteiger partial charge >= 0.3 is 17.9 Å². The number of rotatable bonds is 13. The zero-order valence-corrected chi connectivity index (χ0v) is 24.1. The molecule has 0 spiro atoms. The van der Waals surface area contributed by atoms with Gasteiger partial charge in [-0.15, -0.1) is 6.58 Å². The number of ether oxygens (including phenoxy) is 7. The maximum atomic E-state index is 12.8. The Morgan fingerprint density at radius 1 is 0.925 bits per heavy atom. The summed E-state index contributed by atoms with van der Waals surface area (Å²) in [6.07, 6.45) is -2.18. The van der Waals surface area contributed by atoms with Crippen molar-refractivity contribution in [1.82, 2.24) is 0 Å². The summed E-state index contributed by atoms with van der Waals surface area (Å²) in [4.78, 5) is 36.3. The van der Waals surface area contributed by atoms with Crippen LogP contribution in [0.3, 0.4) is 0 Å². The molecule has 3 rings (SSSR count). The van der Waals surface area contributed by atoms with Gasteiger partial charge in [0.15, 0.2) is 24.8 Å². The Balaban J connectivity index is 1.68. The molecule has 10 atom stereocenters. The van der Waals surface area contributed by atoms with Crippen molar-refractivity contribution in [3.63, 3.8) is 0 Å². The highest BCUT2D eigenvalue weighted by Crippen LogP contribution is 2.37. The molecule has 0 radical (unpaired) electrons. The van der Waals surface area contributed by atoms with Gasteiger partial charge in [0.2, 0.25) is 0 Å². The van der Waals surface area contributed by atoms with E-state index in [9.17, 15) is 14.4 Å². The molecule has 0 aliphatic carbocycles. The van der Waals surface area contributed by atoms with E-state index in [1.54, 1.807) is 30.3 Å². The van der Waals surface area contributed by atoms with E-state index in [0.717, 1.165) is 0 Å². The second-order valence-corrected chi connectivity index (χ2v) is 10.5. The third-order valence-electron chi connectivity index (χ3n) is 7.30. The van der Waals surface area contributed by atoms with Gasteiger partial charge in [-0.3, -0.25) is 9.59 Å². The van der Waals surface area contributed by atoms with Gasteiger partial charge in [0.05, 0.1) is 24.9 Å². The summed E-state index contributed by atoms with van der Waals surface area (Å²) >= 11 is 0. The number of carbonyl (C=O) groups is 3. The monoisotopic (exact) mass is 562 g/mol. The van der Waals surface area contributed by atoms with Crippen molar-refractivity contribution in [2.24, 2.45) is 17.8 Å². The van der Waals surface area contributed by atoms with Crippen LogP contribution in [0.4, 0.5) is 0 Å². The van der Waals surface area contributed by atoms with Crippen LogP contribution in [0, 0.1) is 17.8 Å². The largest absolute Gasteiger partial charge is 0.460 e. The van der Waals surface area contributed by atoms with Crippen LogP contribution in [-0.4, -0.2) is 74.2 Å². The summed E-state index contributed by atoms with van der Waals surface area (Å²) in [6.45, 7) is 14.5. The quantitative estimate of drug-likeness (QED) is 0.198. The topological polar surface area (TPSA) is 116 Å². The normalized spacial score (nSPS) is 31.2. The second-order valence-electron chi connectivity index (χ2n) is 10.5. The summed E-state index contributed by atoms with van der Waals surface area (Å²) in [5, 5.41) is 0. The van der Waals surface area contributed by atoms with Crippen LogP contribution in [0.25, 0.3) is 0 Å². The molecule has 0 saturated carbocycles. The lowest BCUT2D eigenvalue weighted by Crippen LogP contribution is -2.37. The van der Waals surface area contributed by atoms with Gasteiger partial charge < -0.3 is 33.2 Å². The zero-order chi connectivity index (χ0) is 29.4. The summed E-state index contributed by atoms with van der Waals surface area (Å²) in [5.74, 6) is -1.98. The Labute approximate surface area is 236 Å². The van der Waals surface area contributed by atoms with Gasteiger partial charge in [-0.2, -0.15) is 0 Å². The van der Waals surface area contributed by atoms with E-state index >= 15 is 0 Å². The Morgan fingerprint density at radius 2 is 1.52 bits per heavy atom. The predicted octanol–water partition coefficient (Wildman–Crippen LogP) is 4.06. The number of benzene rings is 1. The molecule has 0 amide bonds. The first-order chi connectivity index (χ1) is 19.1. The van der Waals surface area contributed by atoms with Gasteiger partial charge in [0, 0.05) is 31.6 Å². The van der Waals surface area contributed by atoms with Crippen LogP contribution in [-0.2, 0) is 42.7 Å². The number of hydrogen-bond donors (Lipinski definition) is 0. The average molecular weight is 563 g/mol. The van der Waals surface area contributed by atoms with E-state index in [1.165, 1.54) is 13.8 Å². The molecule has 2 unspecified atom stereocenters. The molecule has 2 saturated heterocycles. The predicted molar refractivity (Wildman–Crippen MR) is 144 cm³/mol. The van der Waals surface area contributed by atoms with Crippen molar-refractivity contribution in [3.8, 4) is 0 Å². The molecule has 40 heavy (non-hydrogen) atoms. The van der Waals surface area contributed by atoms with Crippen LogP contribution in [0.1, 0.15) is 58.3 Å². The third-order valence-corrected chi connectivity index (χ3v) is 7.30. The fourth-order valence-electron chi connectivity index (χ4n) is 5.31. The van der Waals surface area contributed by atoms with Crippen LogP contribution in [0.5, 0.6) is 0 Å². The van der Waals surface area contributed by atoms with E-state index < -0.39 is 54.9 Å². The Hall–Kier alpha value is -2.79. The molecule has 1 aromatic rings. The minimum atomic E-state index is -0.854. The van der Waals surface area contributed by atoms with Crippen molar-refractivity contribution in [2.45, 2.75) is 91.1 Å². The van der Waals surface area contributed by atoms with Crippen LogP contribution in [0.2, 0.25) is 0 Å². The highest BCUT2D eigenvalue weighted by Gasteiger charge is 2.50. The van der Waals surface area contributed by atoms with E-state index in [1.807, 2.05) is 33.8 Å². The van der Waals surface area contributed by atoms with Gasteiger partial charge in [0.1, 0.15) is 12.2 Å². The Bertz CT molecular complexity index is 997. The Kier molecular flexibility index (Phi) is 11.7. The molecule has 0 bridgehead atoms. The highest BCUT2D eigenvalue weighted by molar-refractivity contribution is 5.89. The molecule has 10 heteroatoms. The van der Waals surface area contributed by atoms with Crippen molar-refractivity contribution >= 4 is 17.9 Å². The number of hydrogen-bond acceptors (Lipinski definition) is 10. The molecule has 2 aliphatic rings. The molecule has 0 aromatic heterocycles. The minimum Gasteiger partial charge on any atom is -0.460 e. The molecular weight excluding hydrogens is 520 g/mol. The number of esters is 3.